The predicted molar refractivity (Wildman–Crippen MR) is 91.5 cm³/mol. The third-order valence-corrected chi connectivity index (χ3v) is 6.02. The van der Waals surface area contributed by atoms with E-state index in [1.165, 1.54) is 11.1 Å². The molecule has 1 fully saturated rings. The van der Waals surface area contributed by atoms with E-state index in [9.17, 15) is 12.8 Å². The molecule has 1 aromatic heterocycles. The lowest BCUT2D eigenvalue weighted by Gasteiger charge is -2.23. The van der Waals surface area contributed by atoms with Crippen LogP contribution in [0.5, 0.6) is 0 Å². The van der Waals surface area contributed by atoms with E-state index in [1.54, 1.807) is 37.5 Å². The van der Waals surface area contributed by atoms with Crippen LogP contribution in [0.3, 0.4) is 0 Å². The second-order valence-corrected chi connectivity index (χ2v) is 7.84. The molecule has 1 saturated heterocycles. The van der Waals surface area contributed by atoms with Gasteiger partial charge in [0, 0.05) is 37.5 Å². The number of halogens is 1. The van der Waals surface area contributed by atoms with Crippen LogP contribution in [0, 0.1) is 5.82 Å². The maximum atomic E-state index is 14.1. The summed E-state index contributed by atoms with van der Waals surface area (Å²) in [6.07, 6.45) is 2.14. The molecule has 0 aliphatic carbocycles. The van der Waals surface area contributed by atoms with Gasteiger partial charge < -0.3 is 0 Å². The zero-order valence-corrected chi connectivity index (χ0v) is 14.6. The lowest BCUT2D eigenvalue weighted by Crippen LogP contribution is -2.40. The molecule has 6 nitrogen and oxygen atoms in total. The summed E-state index contributed by atoms with van der Waals surface area (Å²) in [5.41, 5.74) is 1.11. The number of benzene rings is 1. The van der Waals surface area contributed by atoms with Gasteiger partial charge in [-0.05, 0) is 18.2 Å². The monoisotopic (exact) mass is 365 g/mol. The highest BCUT2D eigenvalue weighted by Gasteiger charge is 2.44. The fourth-order valence-electron chi connectivity index (χ4n) is 2.94. The number of hydroxylamine groups is 2. The van der Waals surface area contributed by atoms with Crippen molar-refractivity contribution in [2.24, 2.45) is 0 Å². The van der Waals surface area contributed by atoms with Crippen molar-refractivity contribution >= 4 is 10.0 Å². The van der Waals surface area contributed by atoms with E-state index in [-0.39, 0.29) is 13.2 Å². The number of hydrogen-bond acceptors (Lipinski definition) is 5. The first kappa shape index (κ1) is 17.9. The fourth-order valence-corrected chi connectivity index (χ4v) is 4.44. The highest BCUT2D eigenvalue weighted by molar-refractivity contribution is 7.90. The SMILES string of the molecule is CN1OCC(S(=O)(=O)NCCc2ccccn2)C1c1ccccc1F. The van der Waals surface area contributed by atoms with Crippen LogP contribution < -0.4 is 4.72 Å². The van der Waals surface area contributed by atoms with E-state index >= 15 is 0 Å². The van der Waals surface area contributed by atoms with Gasteiger partial charge in [-0.15, -0.1) is 0 Å². The second-order valence-electron chi connectivity index (χ2n) is 5.86. The molecule has 2 heterocycles. The van der Waals surface area contributed by atoms with Crippen LogP contribution in [0.2, 0.25) is 0 Å². The van der Waals surface area contributed by atoms with E-state index in [0.29, 0.717) is 12.0 Å². The molecule has 25 heavy (non-hydrogen) atoms. The maximum Gasteiger partial charge on any atom is 0.218 e. The zero-order chi connectivity index (χ0) is 17.9. The molecular formula is C17H20FN3O3S. The summed E-state index contributed by atoms with van der Waals surface area (Å²) in [5.74, 6) is -0.446. The molecule has 134 valence electrons. The topological polar surface area (TPSA) is 71.5 Å². The van der Waals surface area contributed by atoms with Crippen LogP contribution in [0.25, 0.3) is 0 Å². The molecule has 1 aliphatic heterocycles. The van der Waals surface area contributed by atoms with Crippen molar-refractivity contribution in [3.05, 3.63) is 65.7 Å². The van der Waals surface area contributed by atoms with Crippen molar-refractivity contribution in [3.63, 3.8) is 0 Å². The normalized spacial score (nSPS) is 21.5. The van der Waals surface area contributed by atoms with Crippen molar-refractivity contribution in [1.29, 1.82) is 0 Å². The molecule has 0 radical (unpaired) electrons. The Morgan fingerprint density at radius 3 is 2.76 bits per heavy atom. The number of nitrogens with zero attached hydrogens (tertiary/aromatic N) is 2. The number of sulfonamides is 1. The Balaban J connectivity index is 1.73. The molecule has 0 spiro atoms. The third kappa shape index (κ3) is 4.04. The molecule has 2 unspecified atom stereocenters. The quantitative estimate of drug-likeness (QED) is 0.843. The number of rotatable bonds is 6. The molecule has 0 amide bonds. The average molecular weight is 365 g/mol. The zero-order valence-electron chi connectivity index (χ0n) is 13.8. The highest BCUT2D eigenvalue weighted by atomic mass is 32.2. The summed E-state index contributed by atoms with van der Waals surface area (Å²) >= 11 is 0. The van der Waals surface area contributed by atoms with Crippen LogP contribution in [-0.2, 0) is 21.3 Å². The van der Waals surface area contributed by atoms with E-state index in [4.69, 9.17) is 4.84 Å². The number of nitrogens with one attached hydrogen (secondary N) is 1. The Morgan fingerprint density at radius 2 is 2.04 bits per heavy atom. The van der Waals surface area contributed by atoms with Gasteiger partial charge in [-0.2, -0.15) is 5.06 Å². The van der Waals surface area contributed by atoms with Gasteiger partial charge in [0.1, 0.15) is 11.1 Å². The van der Waals surface area contributed by atoms with Crippen LogP contribution in [0.15, 0.2) is 48.7 Å². The van der Waals surface area contributed by atoms with Gasteiger partial charge in [-0.3, -0.25) is 9.82 Å². The van der Waals surface area contributed by atoms with E-state index < -0.39 is 27.1 Å². The van der Waals surface area contributed by atoms with Gasteiger partial charge in [-0.25, -0.2) is 17.5 Å². The summed E-state index contributed by atoms with van der Waals surface area (Å²) in [4.78, 5) is 9.54. The minimum atomic E-state index is -3.69. The second kappa shape index (κ2) is 7.57. The lowest BCUT2D eigenvalue weighted by molar-refractivity contribution is -0.111. The molecule has 0 saturated carbocycles. The predicted octanol–water partition coefficient (Wildman–Crippen LogP) is 1.67. The highest BCUT2D eigenvalue weighted by Crippen LogP contribution is 2.34. The molecule has 0 bridgehead atoms. The molecule has 1 aromatic carbocycles. The Morgan fingerprint density at radius 1 is 1.28 bits per heavy atom. The van der Waals surface area contributed by atoms with Crippen molar-refractivity contribution < 1.29 is 17.6 Å². The van der Waals surface area contributed by atoms with Crippen molar-refractivity contribution in [1.82, 2.24) is 14.8 Å². The summed E-state index contributed by atoms with van der Waals surface area (Å²) in [6, 6.07) is 11.0. The van der Waals surface area contributed by atoms with Gasteiger partial charge >= 0.3 is 0 Å². The van der Waals surface area contributed by atoms with Crippen LogP contribution in [-0.4, -0.2) is 43.9 Å². The van der Waals surface area contributed by atoms with Gasteiger partial charge in [0.25, 0.3) is 0 Å². The Hall–Kier alpha value is -1.87. The summed E-state index contributed by atoms with van der Waals surface area (Å²) in [6.45, 7) is 0.206. The molecule has 2 aromatic rings. The Kier molecular flexibility index (Phi) is 5.43. The minimum absolute atomic E-state index is 0.0194. The number of pyridine rings is 1. The van der Waals surface area contributed by atoms with Crippen LogP contribution >= 0.6 is 0 Å². The Labute approximate surface area is 146 Å². The van der Waals surface area contributed by atoms with Gasteiger partial charge in [-0.1, -0.05) is 24.3 Å². The first-order valence-electron chi connectivity index (χ1n) is 7.97. The van der Waals surface area contributed by atoms with Crippen molar-refractivity contribution in [2.45, 2.75) is 17.7 Å². The lowest BCUT2D eigenvalue weighted by atomic mass is 10.0. The van der Waals surface area contributed by atoms with E-state index in [0.717, 1.165) is 5.69 Å². The molecule has 8 heteroatoms. The first-order chi connectivity index (χ1) is 12.0. The van der Waals surface area contributed by atoms with Gasteiger partial charge in [0.15, 0.2) is 0 Å². The summed E-state index contributed by atoms with van der Waals surface area (Å²) in [5, 5.41) is 0.513. The fraction of sp³-hybridized carbons (Fsp3) is 0.353. The molecule has 2 atom stereocenters. The maximum absolute atomic E-state index is 14.1. The minimum Gasteiger partial charge on any atom is -0.297 e. The molecular weight excluding hydrogens is 345 g/mol. The van der Waals surface area contributed by atoms with Crippen LogP contribution in [0.1, 0.15) is 17.3 Å². The smallest absolute Gasteiger partial charge is 0.218 e. The first-order valence-corrected chi connectivity index (χ1v) is 9.52. The molecule has 1 aliphatic rings. The molecule has 1 N–H and O–H groups in total. The summed E-state index contributed by atoms with van der Waals surface area (Å²) < 4.78 is 42.1. The van der Waals surface area contributed by atoms with E-state index in [1.807, 2.05) is 12.1 Å². The number of hydrogen-bond donors (Lipinski definition) is 1. The molecule has 3 rings (SSSR count). The van der Waals surface area contributed by atoms with Crippen molar-refractivity contribution in [3.8, 4) is 0 Å². The van der Waals surface area contributed by atoms with Crippen LogP contribution in [0.4, 0.5) is 4.39 Å². The van der Waals surface area contributed by atoms with Crippen molar-refractivity contribution in [2.75, 3.05) is 20.2 Å². The van der Waals surface area contributed by atoms with Gasteiger partial charge in [0.05, 0.1) is 12.6 Å². The number of aromatic nitrogens is 1. The average Bonchev–Trinajstić information content (AvgIpc) is 2.98. The third-order valence-electron chi connectivity index (χ3n) is 4.22. The van der Waals surface area contributed by atoms with Gasteiger partial charge in [0.2, 0.25) is 10.0 Å². The Bertz CT molecular complexity index is 817. The van der Waals surface area contributed by atoms with E-state index in [2.05, 4.69) is 9.71 Å². The largest absolute Gasteiger partial charge is 0.297 e. The summed E-state index contributed by atoms with van der Waals surface area (Å²) in [7, 11) is -2.08. The standard InChI is InChI=1S/C17H20FN3O3S/c1-21-17(14-7-2-3-8-15(14)18)16(12-24-21)25(22,23)20-11-9-13-6-4-5-10-19-13/h2-8,10,16-17,20H,9,11-12H2,1H3.